The van der Waals surface area contributed by atoms with Crippen LogP contribution in [0, 0.1) is 6.92 Å². The summed E-state index contributed by atoms with van der Waals surface area (Å²) in [5.74, 6) is 4.63. The van der Waals surface area contributed by atoms with Crippen LogP contribution in [-0.4, -0.2) is 88.9 Å². The molecule has 1 unspecified atom stereocenters. The molecule has 6 heterocycles. The monoisotopic (exact) mass is 775 g/mol. The number of rotatable bonds is 12. The van der Waals surface area contributed by atoms with Crippen molar-refractivity contribution in [3.8, 4) is 33.7 Å². The summed E-state index contributed by atoms with van der Waals surface area (Å²) in [4.78, 5) is 15.2. The van der Waals surface area contributed by atoms with Crippen LogP contribution in [0.5, 0.6) is 23.1 Å². The van der Waals surface area contributed by atoms with E-state index in [1.807, 2.05) is 35.3 Å². The number of hydrogen-bond donors (Lipinski definition) is 1. The molecule has 14 heteroatoms. The van der Waals surface area contributed by atoms with Crippen LogP contribution in [0.15, 0.2) is 48.8 Å². The topological polar surface area (TPSA) is 125 Å². The van der Waals surface area contributed by atoms with Gasteiger partial charge < -0.3 is 34.1 Å². The van der Waals surface area contributed by atoms with E-state index in [1.165, 1.54) is 0 Å². The maximum Gasteiger partial charge on any atom is 0.232 e. The van der Waals surface area contributed by atoms with E-state index in [0.29, 0.717) is 36.0 Å². The van der Waals surface area contributed by atoms with Crippen molar-refractivity contribution in [3.63, 3.8) is 0 Å². The molecule has 1 atom stereocenters. The molecule has 2 aliphatic heterocycles. The van der Waals surface area contributed by atoms with Crippen LogP contribution in [0.1, 0.15) is 73.2 Å². The summed E-state index contributed by atoms with van der Waals surface area (Å²) in [6.45, 7) is 5.02. The zero-order valence-electron chi connectivity index (χ0n) is 32.7. The van der Waals surface area contributed by atoms with E-state index in [0.717, 1.165) is 130 Å². The van der Waals surface area contributed by atoms with Crippen molar-refractivity contribution in [1.82, 2.24) is 34.8 Å². The van der Waals surface area contributed by atoms with E-state index < -0.39 is 0 Å². The van der Waals surface area contributed by atoms with Crippen LogP contribution in [0.3, 0.4) is 0 Å². The minimum Gasteiger partial charge on any atom is -0.497 e. The molecule has 56 heavy (non-hydrogen) atoms. The molecule has 3 aliphatic rings. The molecule has 3 fully saturated rings. The number of piperidine rings is 1. The second kappa shape index (κ2) is 15.5. The van der Waals surface area contributed by atoms with Gasteiger partial charge in [-0.2, -0.15) is 10.1 Å². The maximum atomic E-state index is 7.15. The van der Waals surface area contributed by atoms with Crippen molar-refractivity contribution in [2.24, 2.45) is 0 Å². The number of hydrogen-bond acceptors (Lipinski definition) is 13. The van der Waals surface area contributed by atoms with Gasteiger partial charge in [0.1, 0.15) is 38.9 Å². The van der Waals surface area contributed by atoms with Crippen molar-refractivity contribution in [3.05, 3.63) is 64.9 Å². The van der Waals surface area contributed by atoms with Crippen molar-refractivity contribution in [2.75, 3.05) is 58.2 Å². The molecule has 0 radical (unpaired) electrons. The van der Waals surface area contributed by atoms with Crippen molar-refractivity contribution in [2.45, 2.75) is 76.6 Å². The Bertz CT molecular complexity index is 2360. The smallest absolute Gasteiger partial charge is 0.232 e. The minimum atomic E-state index is -0.103. The lowest BCUT2D eigenvalue weighted by Crippen LogP contribution is -2.42. The summed E-state index contributed by atoms with van der Waals surface area (Å²) < 4.78 is 26.5. The highest BCUT2D eigenvalue weighted by atomic mass is 32.1. The van der Waals surface area contributed by atoms with Gasteiger partial charge in [-0.25, -0.2) is 9.67 Å². The first-order chi connectivity index (χ1) is 27.4. The van der Waals surface area contributed by atoms with E-state index in [-0.39, 0.29) is 6.23 Å². The lowest BCUT2D eigenvalue weighted by molar-refractivity contribution is -0.0366. The molecule has 1 N–H and O–H groups in total. The zero-order chi connectivity index (χ0) is 38.3. The van der Waals surface area contributed by atoms with E-state index >= 15 is 0 Å². The molecule has 0 amide bonds. The number of fused-ring (bicyclic) bond motifs is 2. The van der Waals surface area contributed by atoms with Crippen LogP contribution >= 0.6 is 11.3 Å². The number of methoxy groups -OCH3 is 2. The summed E-state index contributed by atoms with van der Waals surface area (Å²) in [6, 6.07) is 12.8. The molecule has 292 valence electrons. The molecule has 2 saturated heterocycles. The van der Waals surface area contributed by atoms with Gasteiger partial charge in [-0.15, -0.1) is 10.2 Å². The van der Waals surface area contributed by atoms with Crippen LogP contribution in [-0.2, 0) is 11.3 Å². The predicted molar refractivity (Wildman–Crippen MR) is 220 cm³/mol. The Kier molecular flexibility index (Phi) is 10.1. The third-order valence-electron chi connectivity index (χ3n) is 11.4. The van der Waals surface area contributed by atoms with E-state index in [4.69, 9.17) is 39.1 Å². The lowest BCUT2D eigenvalue weighted by Gasteiger charge is -2.36. The van der Waals surface area contributed by atoms with Gasteiger partial charge in [-0.1, -0.05) is 17.4 Å². The van der Waals surface area contributed by atoms with Gasteiger partial charge in [-0.3, -0.25) is 0 Å². The van der Waals surface area contributed by atoms with Gasteiger partial charge in [0.25, 0.3) is 0 Å². The molecule has 0 bridgehead atoms. The van der Waals surface area contributed by atoms with Crippen LogP contribution in [0.2, 0.25) is 0 Å². The quantitative estimate of drug-likeness (QED) is 0.129. The van der Waals surface area contributed by atoms with Gasteiger partial charge in [-0.05, 0) is 95.8 Å². The second-order valence-corrected chi connectivity index (χ2v) is 16.3. The highest BCUT2D eigenvalue weighted by Gasteiger charge is 2.30. The largest absolute Gasteiger partial charge is 0.497 e. The summed E-state index contributed by atoms with van der Waals surface area (Å²) in [5, 5.41) is 22.4. The Balaban J connectivity index is 1.20. The number of pyridine rings is 2. The molecule has 13 nitrogen and oxygen atoms in total. The number of nitrogens with zero attached hydrogens (tertiary/aromatic N) is 8. The number of aryl methyl sites for hydroxylation is 1. The zero-order valence-corrected chi connectivity index (χ0v) is 33.6. The van der Waals surface area contributed by atoms with Crippen LogP contribution in [0.25, 0.3) is 32.2 Å². The van der Waals surface area contributed by atoms with Gasteiger partial charge in [0, 0.05) is 67.0 Å². The van der Waals surface area contributed by atoms with Gasteiger partial charge in [0.2, 0.25) is 5.88 Å². The van der Waals surface area contributed by atoms with E-state index in [9.17, 15) is 0 Å². The first-order valence-corrected chi connectivity index (χ1v) is 20.5. The van der Waals surface area contributed by atoms with Crippen molar-refractivity contribution >= 4 is 44.6 Å². The SMILES string of the molecule is COc1ccc(CNc2ncc(-c3nnc(C4CC4)s3)c3cc(N4CCC(N(C)C)CC4)nc(Oc4c(C)ccc5c4cnn5C4CCCCO4)c23)c(OC)c1. The highest BCUT2D eigenvalue weighted by Crippen LogP contribution is 2.46. The van der Waals surface area contributed by atoms with Gasteiger partial charge in [0.15, 0.2) is 6.23 Å². The third-order valence-corrected chi connectivity index (χ3v) is 12.6. The Morgan fingerprint density at radius 2 is 1.80 bits per heavy atom. The lowest BCUT2D eigenvalue weighted by atomic mass is 10.0. The molecule has 2 aromatic carbocycles. The molecular weight excluding hydrogens is 727 g/mol. The summed E-state index contributed by atoms with van der Waals surface area (Å²) in [6.07, 6.45) is 11.2. The Morgan fingerprint density at radius 1 is 0.946 bits per heavy atom. The van der Waals surface area contributed by atoms with Crippen molar-refractivity contribution < 1.29 is 18.9 Å². The maximum absolute atomic E-state index is 7.15. The summed E-state index contributed by atoms with van der Waals surface area (Å²) in [7, 11) is 7.65. The molecule has 6 aromatic rings. The number of benzene rings is 2. The number of anilines is 2. The number of nitrogens with one attached hydrogen (secondary N) is 1. The molecule has 1 aliphatic carbocycles. The predicted octanol–water partition coefficient (Wildman–Crippen LogP) is 8.33. The second-order valence-electron chi connectivity index (χ2n) is 15.3. The molecular formula is C42H49N9O4S. The van der Waals surface area contributed by atoms with E-state index in [1.54, 1.807) is 25.6 Å². The molecule has 4 aromatic heterocycles. The Morgan fingerprint density at radius 3 is 2.55 bits per heavy atom. The molecule has 1 saturated carbocycles. The Labute approximate surface area is 331 Å². The fourth-order valence-corrected chi connectivity index (χ4v) is 9.00. The van der Waals surface area contributed by atoms with Crippen LogP contribution in [0.4, 0.5) is 11.6 Å². The fraction of sp³-hybridized carbons (Fsp3) is 0.452. The average molecular weight is 776 g/mol. The summed E-state index contributed by atoms with van der Waals surface area (Å²) >= 11 is 1.66. The molecule has 9 rings (SSSR count). The average Bonchev–Trinajstić information content (AvgIpc) is 3.80. The third kappa shape index (κ3) is 7.09. The normalized spacial score (nSPS) is 17.9. The van der Waals surface area contributed by atoms with Crippen LogP contribution < -0.4 is 24.4 Å². The fourth-order valence-electron chi connectivity index (χ4n) is 7.96. The number of aromatic nitrogens is 6. The number of ether oxygens (including phenoxy) is 4. The first kappa shape index (κ1) is 36.6. The standard InChI is InChI=1S/C42H49N9O4S/c1-25-9-14-33-32(24-45-51(33)36-8-6-7-19-54-36)38(25)55-40-37-30(21-35(46-40)50-17-15-28(16-18-50)49(2)3)31(42-48-47-41(56-42)26-10-11-26)23-44-39(37)43-22-27-12-13-29(52-4)20-34(27)53-5/h9,12-14,20-21,23-24,26,28,36H,6-8,10-11,15-19,22H2,1-5H3,(H,43,44). The Hall–Kier alpha value is -5.05. The first-order valence-electron chi connectivity index (χ1n) is 19.7. The molecule has 0 spiro atoms. The van der Waals surface area contributed by atoms with Gasteiger partial charge in [0.05, 0.1) is 36.7 Å². The minimum absolute atomic E-state index is 0.103. The van der Waals surface area contributed by atoms with Crippen molar-refractivity contribution in [1.29, 1.82) is 0 Å². The highest BCUT2D eigenvalue weighted by molar-refractivity contribution is 7.14. The van der Waals surface area contributed by atoms with E-state index in [2.05, 4.69) is 59.4 Å². The summed E-state index contributed by atoms with van der Waals surface area (Å²) in [5.41, 5.74) is 3.81. The van der Waals surface area contributed by atoms with Gasteiger partial charge >= 0.3 is 0 Å².